The van der Waals surface area contributed by atoms with Gasteiger partial charge in [0.1, 0.15) is 11.4 Å². The maximum absolute atomic E-state index is 12.3. The number of methoxy groups -OCH3 is 1. The molecule has 0 radical (unpaired) electrons. The molecule has 1 aliphatic rings. The standard InChI is InChI=1S/C20H30ClNO3/c1-7-14-12-16(21)13(2)17(18(14)24-6)15-8-10-22(11-9-15)19(23)25-20(3,4)5/h12,15H,7-11H2,1-6H3. The number of piperidine rings is 1. The summed E-state index contributed by atoms with van der Waals surface area (Å²) in [6.07, 6.45) is 2.43. The van der Waals surface area contributed by atoms with Crippen LogP contribution in [0.15, 0.2) is 6.07 Å². The summed E-state index contributed by atoms with van der Waals surface area (Å²) < 4.78 is 11.2. The SMILES string of the molecule is CCc1cc(Cl)c(C)c(C2CCN(C(=O)OC(C)(C)C)CC2)c1OC. The molecule has 25 heavy (non-hydrogen) atoms. The largest absolute Gasteiger partial charge is 0.496 e. The Hall–Kier alpha value is -1.42. The van der Waals surface area contributed by atoms with Gasteiger partial charge in [-0.05, 0) is 70.1 Å². The van der Waals surface area contributed by atoms with Crippen molar-refractivity contribution in [3.63, 3.8) is 0 Å². The van der Waals surface area contributed by atoms with Crippen molar-refractivity contribution in [3.05, 3.63) is 27.8 Å². The van der Waals surface area contributed by atoms with Crippen molar-refractivity contribution >= 4 is 17.7 Å². The lowest BCUT2D eigenvalue weighted by atomic mass is 9.84. The number of hydrogen-bond acceptors (Lipinski definition) is 3. The summed E-state index contributed by atoms with van der Waals surface area (Å²) in [6, 6.07) is 2.01. The lowest BCUT2D eigenvalue weighted by Crippen LogP contribution is -2.41. The fraction of sp³-hybridized carbons (Fsp3) is 0.650. The van der Waals surface area contributed by atoms with Crippen molar-refractivity contribution in [1.29, 1.82) is 0 Å². The monoisotopic (exact) mass is 367 g/mol. The van der Waals surface area contributed by atoms with Gasteiger partial charge in [0.25, 0.3) is 0 Å². The van der Waals surface area contributed by atoms with E-state index in [1.165, 1.54) is 5.56 Å². The van der Waals surface area contributed by atoms with Gasteiger partial charge in [-0.2, -0.15) is 0 Å². The normalized spacial score (nSPS) is 16.0. The minimum Gasteiger partial charge on any atom is -0.496 e. The van der Waals surface area contributed by atoms with Crippen molar-refractivity contribution in [1.82, 2.24) is 4.90 Å². The Bertz CT molecular complexity index is 629. The quantitative estimate of drug-likeness (QED) is 0.724. The van der Waals surface area contributed by atoms with E-state index in [0.29, 0.717) is 19.0 Å². The fourth-order valence-electron chi connectivity index (χ4n) is 3.47. The summed E-state index contributed by atoms with van der Waals surface area (Å²) in [5.41, 5.74) is 2.97. The van der Waals surface area contributed by atoms with Crippen LogP contribution in [0.25, 0.3) is 0 Å². The molecule has 0 aliphatic carbocycles. The molecule has 1 fully saturated rings. The maximum Gasteiger partial charge on any atom is 0.410 e. The number of likely N-dealkylation sites (tertiary alicyclic amines) is 1. The molecule has 0 aromatic heterocycles. The number of nitrogens with zero attached hydrogens (tertiary/aromatic N) is 1. The molecule has 0 saturated carbocycles. The van der Waals surface area contributed by atoms with Gasteiger partial charge >= 0.3 is 6.09 Å². The zero-order valence-electron chi connectivity index (χ0n) is 16.2. The van der Waals surface area contributed by atoms with E-state index in [2.05, 4.69) is 13.8 Å². The van der Waals surface area contributed by atoms with Crippen LogP contribution >= 0.6 is 11.6 Å². The van der Waals surface area contributed by atoms with Crippen LogP contribution in [0, 0.1) is 6.92 Å². The van der Waals surface area contributed by atoms with Crippen LogP contribution in [0.3, 0.4) is 0 Å². The molecule has 1 saturated heterocycles. The number of rotatable bonds is 3. The lowest BCUT2D eigenvalue weighted by molar-refractivity contribution is 0.0204. The van der Waals surface area contributed by atoms with Gasteiger partial charge in [0.15, 0.2) is 0 Å². The number of carbonyl (C=O) groups is 1. The minimum atomic E-state index is -0.462. The highest BCUT2D eigenvalue weighted by atomic mass is 35.5. The molecule has 0 spiro atoms. The predicted octanol–water partition coefficient (Wildman–Crippen LogP) is 5.33. The van der Waals surface area contributed by atoms with Crippen LogP contribution in [0.5, 0.6) is 5.75 Å². The molecule has 1 aromatic carbocycles. The molecule has 1 heterocycles. The van der Waals surface area contributed by atoms with Gasteiger partial charge in [0, 0.05) is 23.7 Å². The van der Waals surface area contributed by atoms with Crippen molar-refractivity contribution in [2.75, 3.05) is 20.2 Å². The second-order valence-corrected chi connectivity index (χ2v) is 8.09. The second kappa shape index (κ2) is 7.86. The van der Waals surface area contributed by atoms with E-state index in [-0.39, 0.29) is 6.09 Å². The van der Waals surface area contributed by atoms with E-state index in [4.69, 9.17) is 21.1 Å². The molecule has 0 bridgehead atoms. The molecular weight excluding hydrogens is 338 g/mol. The molecule has 0 N–H and O–H groups in total. The van der Waals surface area contributed by atoms with Gasteiger partial charge in [0.05, 0.1) is 7.11 Å². The van der Waals surface area contributed by atoms with Crippen molar-refractivity contribution in [3.8, 4) is 5.75 Å². The third-order valence-electron chi connectivity index (χ3n) is 4.74. The predicted molar refractivity (Wildman–Crippen MR) is 102 cm³/mol. The Kier molecular flexibility index (Phi) is 6.26. The summed E-state index contributed by atoms with van der Waals surface area (Å²) in [7, 11) is 1.72. The summed E-state index contributed by atoms with van der Waals surface area (Å²) in [5, 5.41) is 0.794. The maximum atomic E-state index is 12.3. The minimum absolute atomic E-state index is 0.227. The van der Waals surface area contributed by atoms with Gasteiger partial charge in [-0.15, -0.1) is 0 Å². The average Bonchev–Trinajstić information content (AvgIpc) is 2.55. The Morgan fingerprint density at radius 1 is 1.32 bits per heavy atom. The number of halogens is 1. The van der Waals surface area contributed by atoms with Crippen LogP contribution in [0.2, 0.25) is 5.02 Å². The van der Waals surface area contributed by atoms with E-state index in [1.54, 1.807) is 12.0 Å². The third kappa shape index (κ3) is 4.60. The van der Waals surface area contributed by atoms with Crippen LogP contribution < -0.4 is 4.74 Å². The van der Waals surface area contributed by atoms with E-state index < -0.39 is 5.60 Å². The van der Waals surface area contributed by atoms with Crippen LogP contribution in [-0.4, -0.2) is 36.8 Å². The van der Waals surface area contributed by atoms with E-state index in [0.717, 1.165) is 41.2 Å². The first-order chi connectivity index (χ1) is 11.7. The molecule has 1 aromatic rings. The summed E-state index contributed by atoms with van der Waals surface area (Å²) in [5.74, 6) is 1.30. The van der Waals surface area contributed by atoms with Crippen molar-refractivity contribution in [2.45, 2.75) is 65.4 Å². The summed E-state index contributed by atoms with van der Waals surface area (Å²) in [4.78, 5) is 14.1. The van der Waals surface area contributed by atoms with Gasteiger partial charge in [0.2, 0.25) is 0 Å². The topological polar surface area (TPSA) is 38.8 Å². The first kappa shape index (κ1) is 19.9. The highest BCUT2D eigenvalue weighted by Crippen LogP contribution is 2.41. The Morgan fingerprint density at radius 2 is 1.92 bits per heavy atom. The molecule has 0 atom stereocenters. The highest BCUT2D eigenvalue weighted by molar-refractivity contribution is 6.31. The Morgan fingerprint density at radius 3 is 2.40 bits per heavy atom. The number of amides is 1. The highest BCUT2D eigenvalue weighted by Gasteiger charge is 2.30. The van der Waals surface area contributed by atoms with Gasteiger partial charge in [-0.25, -0.2) is 4.79 Å². The van der Waals surface area contributed by atoms with Crippen LogP contribution in [-0.2, 0) is 11.2 Å². The number of carbonyl (C=O) groups excluding carboxylic acids is 1. The van der Waals surface area contributed by atoms with Crippen LogP contribution in [0.4, 0.5) is 4.79 Å². The number of ether oxygens (including phenoxy) is 2. The van der Waals surface area contributed by atoms with E-state index in [1.807, 2.05) is 26.8 Å². The van der Waals surface area contributed by atoms with Crippen molar-refractivity contribution in [2.24, 2.45) is 0 Å². The Labute approximate surface area is 156 Å². The molecule has 0 unspecified atom stereocenters. The smallest absolute Gasteiger partial charge is 0.410 e. The van der Waals surface area contributed by atoms with Gasteiger partial charge in [-0.3, -0.25) is 0 Å². The average molecular weight is 368 g/mol. The molecule has 140 valence electrons. The lowest BCUT2D eigenvalue weighted by Gasteiger charge is -2.35. The van der Waals surface area contributed by atoms with Gasteiger partial charge in [-0.1, -0.05) is 18.5 Å². The molecule has 4 nitrogen and oxygen atoms in total. The van der Waals surface area contributed by atoms with E-state index in [9.17, 15) is 4.79 Å². The Balaban J connectivity index is 2.18. The van der Waals surface area contributed by atoms with Crippen LogP contribution in [0.1, 0.15) is 63.1 Å². The number of aryl methyl sites for hydroxylation is 1. The second-order valence-electron chi connectivity index (χ2n) is 7.68. The molecule has 1 amide bonds. The third-order valence-corrected chi connectivity index (χ3v) is 5.13. The zero-order chi connectivity index (χ0) is 18.8. The van der Waals surface area contributed by atoms with E-state index >= 15 is 0 Å². The summed E-state index contributed by atoms with van der Waals surface area (Å²) in [6.45, 7) is 11.2. The number of benzene rings is 1. The summed E-state index contributed by atoms with van der Waals surface area (Å²) >= 11 is 6.46. The number of hydrogen-bond donors (Lipinski definition) is 0. The first-order valence-corrected chi connectivity index (χ1v) is 9.39. The zero-order valence-corrected chi connectivity index (χ0v) is 17.0. The molecule has 5 heteroatoms. The molecule has 1 aliphatic heterocycles. The molecular formula is C20H30ClNO3. The fourth-order valence-corrected chi connectivity index (χ4v) is 3.70. The first-order valence-electron chi connectivity index (χ1n) is 9.01. The van der Waals surface area contributed by atoms with Gasteiger partial charge < -0.3 is 14.4 Å². The van der Waals surface area contributed by atoms with Crippen molar-refractivity contribution < 1.29 is 14.3 Å². The molecule has 2 rings (SSSR count).